The third-order valence-electron chi connectivity index (χ3n) is 4.33. The van der Waals surface area contributed by atoms with Crippen LogP contribution in [0.25, 0.3) is 0 Å². The molecular formula is C19H24O3S. The van der Waals surface area contributed by atoms with Crippen LogP contribution in [-0.4, -0.2) is 13.0 Å². The first-order valence-electron chi connectivity index (χ1n) is 7.96. The molecule has 3 nitrogen and oxygen atoms in total. The number of benzene rings is 2. The van der Waals surface area contributed by atoms with Crippen molar-refractivity contribution in [3.63, 3.8) is 0 Å². The van der Waals surface area contributed by atoms with Crippen LogP contribution in [0.15, 0.2) is 54.6 Å². The summed E-state index contributed by atoms with van der Waals surface area (Å²) >= 11 is 0. The Morgan fingerprint density at radius 2 is 1.48 bits per heavy atom. The Labute approximate surface area is 139 Å². The highest BCUT2D eigenvalue weighted by molar-refractivity contribution is 7.87. The molecule has 0 amide bonds. The number of hydrogen-bond donors (Lipinski definition) is 1. The van der Waals surface area contributed by atoms with Crippen LogP contribution in [0.4, 0.5) is 0 Å². The van der Waals surface area contributed by atoms with Crippen LogP contribution >= 0.6 is 0 Å². The first kappa shape index (κ1) is 17.7. The van der Waals surface area contributed by atoms with Gasteiger partial charge in [0.05, 0.1) is 0 Å². The van der Waals surface area contributed by atoms with E-state index >= 15 is 0 Å². The summed E-state index contributed by atoms with van der Waals surface area (Å²) in [6.07, 6.45) is 0.970. The molecule has 1 atom stereocenters. The SMILES string of the molecule is CCCC(c1ccccc1)(c1ccc(C(C)C)cc1)S(=O)(=O)O. The van der Waals surface area contributed by atoms with E-state index in [0.29, 0.717) is 29.9 Å². The molecule has 1 N–H and O–H groups in total. The Morgan fingerprint density at radius 3 is 1.91 bits per heavy atom. The lowest BCUT2D eigenvalue weighted by molar-refractivity contribution is 0.434. The van der Waals surface area contributed by atoms with E-state index in [1.165, 1.54) is 0 Å². The van der Waals surface area contributed by atoms with Crippen molar-refractivity contribution < 1.29 is 13.0 Å². The topological polar surface area (TPSA) is 54.4 Å². The minimum Gasteiger partial charge on any atom is -0.285 e. The monoisotopic (exact) mass is 332 g/mol. The molecule has 0 spiro atoms. The molecule has 2 rings (SSSR count). The lowest BCUT2D eigenvalue weighted by Crippen LogP contribution is -2.36. The van der Waals surface area contributed by atoms with Gasteiger partial charge in [0.15, 0.2) is 0 Å². The first-order chi connectivity index (χ1) is 10.8. The molecule has 0 bridgehead atoms. The lowest BCUT2D eigenvalue weighted by Gasteiger charge is -2.32. The van der Waals surface area contributed by atoms with E-state index in [9.17, 15) is 13.0 Å². The third-order valence-corrected chi connectivity index (χ3v) is 5.88. The molecular weight excluding hydrogens is 308 g/mol. The van der Waals surface area contributed by atoms with Gasteiger partial charge in [-0.15, -0.1) is 0 Å². The molecule has 0 fully saturated rings. The normalized spacial score (nSPS) is 14.7. The van der Waals surface area contributed by atoms with E-state index in [4.69, 9.17) is 0 Å². The van der Waals surface area contributed by atoms with Crippen molar-refractivity contribution in [3.05, 3.63) is 71.3 Å². The van der Waals surface area contributed by atoms with E-state index in [-0.39, 0.29) is 0 Å². The Kier molecular flexibility index (Phi) is 5.27. The van der Waals surface area contributed by atoms with Gasteiger partial charge in [-0.1, -0.05) is 81.8 Å². The molecule has 0 aliphatic rings. The van der Waals surface area contributed by atoms with Crippen molar-refractivity contribution in [2.75, 3.05) is 0 Å². The average molecular weight is 332 g/mol. The van der Waals surface area contributed by atoms with Crippen molar-refractivity contribution in [1.29, 1.82) is 0 Å². The van der Waals surface area contributed by atoms with Gasteiger partial charge in [0, 0.05) is 0 Å². The Hall–Kier alpha value is -1.65. The predicted molar refractivity (Wildman–Crippen MR) is 94.2 cm³/mol. The van der Waals surface area contributed by atoms with E-state index in [1.54, 1.807) is 24.3 Å². The summed E-state index contributed by atoms with van der Waals surface area (Å²) in [6, 6.07) is 16.5. The van der Waals surface area contributed by atoms with Gasteiger partial charge in [0.1, 0.15) is 4.75 Å². The van der Waals surface area contributed by atoms with Crippen LogP contribution in [0.3, 0.4) is 0 Å². The maximum atomic E-state index is 12.4. The molecule has 0 saturated heterocycles. The van der Waals surface area contributed by atoms with Crippen LogP contribution in [0.2, 0.25) is 0 Å². The summed E-state index contributed by atoms with van der Waals surface area (Å²) in [5.41, 5.74) is 2.35. The van der Waals surface area contributed by atoms with Crippen LogP contribution in [0, 0.1) is 0 Å². The minimum atomic E-state index is -4.33. The second kappa shape index (κ2) is 6.85. The maximum absolute atomic E-state index is 12.4. The van der Waals surface area contributed by atoms with Gasteiger partial charge in [-0.05, 0) is 29.0 Å². The van der Waals surface area contributed by atoms with E-state index < -0.39 is 14.9 Å². The van der Waals surface area contributed by atoms with Crippen LogP contribution < -0.4 is 0 Å². The van der Waals surface area contributed by atoms with Gasteiger partial charge in [0.25, 0.3) is 10.1 Å². The molecule has 2 aromatic rings. The summed E-state index contributed by atoms with van der Waals surface area (Å²) in [5, 5.41) is 0. The molecule has 0 aliphatic heterocycles. The van der Waals surface area contributed by atoms with Crippen LogP contribution in [-0.2, 0) is 14.9 Å². The lowest BCUT2D eigenvalue weighted by atomic mass is 9.85. The summed E-state index contributed by atoms with van der Waals surface area (Å²) in [4.78, 5) is 0. The van der Waals surface area contributed by atoms with Crippen LogP contribution in [0.1, 0.15) is 56.2 Å². The van der Waals surface area contributed by atoms with Gasteiger partial charge >= 0.3 is 0 Å². The highest BCUT2D eigenvalue weighted by Crippen LogP contribution is 2.41. The molecule has 0 aromatic heterocycles. The van der Waals surface area contributed by atoms with E-state index in [2.05, 4.69) is 13.8 Å². The Balaban J connectivity index is 2.71. The summed E-state index contributed by atoms with van der Waals surface area (Å²) < 4.78 is 33.5. The molecule has 0 heterocycles. The molecule has 1 unspecified atom stereocenters. The van der Waals surface area contributed by atoms with Gasteiger partial charge in [-0.25, -0.2) is 0 Å². The summed E-state index contributed by atoms with van der Waals surface area (Å²) in [7, 11) is -4.33. The van der Waals surface area contributed by atoms with Crippen molar-refractivity contribution >= 4 is 10.1 Å². The second-order valence-electron chi connectivity index (χ2n) is 6.19. The van der Waals surface area contributed by atoms with Crippen molar-refractivity contribution in [3.8, 4) is 0 Å². The maximum Gasteiger partial charge on any atom is 0.279 e. The zero-order valence-electron chi connectivity index (χ0n) is 13.9. The zero-order valence-corrected chi connectivity index (χ0v) is 14.7. The third kappa shape index (κ3) is 3.33. The summed E-state index contributed by atoms with van der Waals surface area (Å²) in [5.74, 6) is 0.368. The highest BCUT2D eigenvalue weighted by atomic mass is 32.2. The fourth-order valence-electron chi connectivity index (χ4n) is 3.08. The number of rotatable bonds is 6. The van der Waals surface area contributed by atoms with Crippen LogP contribution in [0.5, 0.6) is 0 Å². The molecule has 0 radical (unpaired) electrons. The molecule has 2 aromatic carbocycles. The Morgan fingerprint density at radius 1 is 0.957 bits per heavy atom. The predicted octanol–water partition coefficient (Wildman–Crippen LogP) is 4.74. The second-order valence-corrected chi connectivity index (χ2v) is 7.84. The highest BCUT2D eigenvalue weighted by Gasteiger charge is 2.45. The largest absolute Gasteiger partial charge is 0.285 e. The first-order valence-corrected chi connectivity index (χ1v) is 9.40. The molecule has 23 heavy (non-hydrogen) atoms. The molecule has 124 valence electrons. The van der Waals surface area contributed by atoms with Crippen molar-refractivity contribution in [2.45, 2.75) is 44.3 Å². The zero-order chi connectivity index (χ0) is 17.1. The molecule has 0 saturated carbocycles. The fourth-order valence-corrected chi connectivity index (χ4v) is 4.41. The van der Waals surface area contributed by atoms with Gasteiger partial charge in [-0.2, -0.15) is 8.42 Å². The fraction of sp³-hybridized carbons (Fsp3) is 0.368. The van der Waals surface area contributed by atoms with E-state index in [1.807, 2.05) is 37.3 Å². The summed E-state index contributed by atoms with van der Waals surface area (Å²) in [6.45, 7) is 6.11. The van der Waals surface area contributed by atoms with Crippen molar-refractivity contribution in [1.82, 2.24) is 0 Å². The van der Waals surface area contributed by atoms with Gasteiger partial charge in [-0.3, -0.25) is 4.55 Å². The minimum absolute atomic E-state index is 0.330. The standard InChI is InChI=1S/C19H24O3S/c1-4-14-19(23(20,21)22,17-8-6-5-7-9-17)18-12-10-16(11-13-18)15(2)3/h5-13,15H,4,14H2,1-3H3,(H,20,21,22). The van der Waals surface area contributed by atoms with E-state index in [0.717, 1.165) is 5.56 Å². The van der Waals surface area contributed by atoms with Crippen molar-refractivity contribution in [2.24, 2.45) is 0 Å². The van der Waals surface area contributed by atoms with Gasteiger partial charge in [0.2, 0.25) is 0 Å². The van der Waals surface area contributed by atoms with Gasteiger partial charge < -0.3 is 0 Å². The smallest absolute Gasteiger partial charge is 0.279 e. The molecule has 0 aliphatic carbocycles. The number of hydrogen-bond acceptors (Lipinski definition) is 2. The quantitative estimate of drug-likeness (QED) is 0.777. The average Bonchev–Trinajstić information content (AvgIpc) is 2.52. The Bertz CT molecular complexity index is 734. The molecule has 4 heteroatoms.